The van der Waals surface area contributed by atoms with Gasteiger partial charge in [0.05, 0.1) is 7.05 Å². The molecule has 0 radical (unpaired) electrons. The van der Waals surface area contributed by atoms with E-state index in [1.807, 2.05) is 29.3 Å². The van der Waals surface area contributed by atoms with Crippen molar-refractivity contribution < 1.29 is 33.3 Å². The number of rotatable bonds is 2. The molecule has 0 atom stereocenters. The van der Waals surface area contributed by atoms with Crippen molar-refractivity contribution in [3.05, 3.63) is 41.1 Å². The summed E-state index contributed by atoms with van der Waals surface area (Å²) in [7, 11) is 3.70. The largest absolute Gasteiger partial charge is 1.00 e. The fourth-order valence-corrected chi connectivity index (χ4v) is 2.14. The molecule has 0 aliphatic carbocycles. The molecule has 2 heterocycles. The van der Waals surface area contributed by atoms with Crippen LogP contribution >= 0.6 is 11.3 Å². The van der Waals surface area contributed by atoms with E-state index >= 15 is 0 Å². The van der Waals surface area contributed by atoms with Gasteiger partial charge >= 0.3 is 6.03 Å². The van der Waals surface area contributed by atoms with Crippen LogP contribution in [0, 0.1) is 0 Å². The smallest absolute Gasteiger partial charge is 0.415 e. The van der Waals surface area contributed by atoms with Crippen LogP contribution in [0.15, 0.2) is 35.5 Å². The number of amides is 1. The first-order valence-electron chi connectivity index (χ1n) is 4.96. The van der Waals surface area contributed by atoms with E-state index in [2.05, 4.69) is 5.38 Å². The molecule has 0 fully saturated rings. The highest BCUT2D eigenvalue weighted by Gasteiger charge is 2.16. The number of thiophene rings is 1. The summed E-state index contributed by atoms with van der Waals surface area (Å²) in [6.45, 7) is 0.643. The predicted molar refractivity (Wildman–Crippen MR) is 62.2 cm³/mol. The van der Waals surface area contributed by atoms with Crippen molar-refractivity contribution in [2.45, 2.75) is 6.54 Å². The van der Waals surface area contributed by atoms with Crippen LogP contribution in [-0.2, 0) is 13.6 Å². The quantitative estimate of drug-likeness (QED) is 0.471. The van der Waals surface area contributed by atoms with Crippen molar-refractivity contribution in [3.63, 3.8) is 0 Å². The number of imidazole rings is 1. The van der Waals surface area contributed by atoms with E-state index in [0.717, 1.165) is 5.56 Å². The molecule has 4 nitrogen and oxygen atoms in total. The van der Waals surface area contributed by atoms with Crippen molar-refractivity contribution in [3.8, 4) is 0 Å². The van der Waals surface area contributed by atoms with Crippen LogP contribution in [0.4, 0.5) is 4.79 Å². The first-order chi connectivity index (χ1) is 7.66. The zero-order chi connectivity index (χ0) is 11.5. The minimum Gasteiger partial charge on any atom is -1.00 e. The van der Waals surface area contributed by atoms with E-state index in [1.165, 1.54) is 0 Å². The predicted octanol–water partition coefficient (Wildman–Crippen LogP) is -1.52. The molecule has 2 aromatic rings. The van der Waals surface area contributed by atoms with Gasteiger partial charge in [0.25, 0.3) is 6.33 Å². The summed E-state index contributed by atoms with van der Waals surface area (Å²) in [5, 5.41) is 4.07. The first-order valence-corrected chi connectivity index (χ1v) is 5.91. The second-order valence-electron chi connectivity index (χ2n) is 3.76. The van der Waals surface area contributed by atoms with E-state index in [4.69, 9.17) is 0 Å². The van der Waals surface area contributed by atoms with Gasteiger partial charge in [-0.25, -0.2) is 9.36 Å². The Morgan fingerprint density at radius 3 is 2.88 bits per heavy atom. The van der Waals surface area contributed by atoms with Gasteiger partial charge in [-0.2, -0.15) is 15.9 Å². The number of hydrogen-bond donors (Lipinski definition) is 0. The summed E-state index contributed by atoms with van der Waals surface area (Å²) < 4.78 is 3.42. The Bertz CT molecular complexity index is 481. The van der Waals surface area contributed by atoms with E-state index in [-0.39, 0.29) is 30.0 Å². The number of aryl methyl sites for hydroxylation is 1. The normalized spacial score (nSPS) is 9.76. The third-order valence-corrected chi connectivity index (χ3v) is 3.05. The molecule has 0 saturated carbocycles. The molecule has 0 N–H and O–H groups in total. The molecule has 2 aromatic heterocycles. The number of carbonyl (C=O) groups is 1. The highest BCUT2D eigenvalue weighted by atomic mass is 127. The van der Waals surface area contributed by atoms with Gasteiger partial charge in [-0.15, -0.1) is 0 Å². The first kappa shape index (κ1) is 14.2. The lowest BCUT2D eigenvalue weighted by molar-refractivity contribution is -0.670. The molecule has 0 spiro atoms. The summed E-state index contributed by atoms with van der Waals surface area (Å²) in [6.07, 6.45) is 5.36. The maximum Gasteiger partial charge on any atom is 0.415 e. The van der Waals surface area contributed by atoms with Gasteiger partial charge in [0, 0.05) is 13.6 Å². The molecule has 92 valence electrons. The van der Waals surface area contributed by atoms with Crippen molar-refractivity contribution >= 4 is 17.4 Å². The van der Waals surface area contributed by atoms with Crippen LogP contribution in [0.25, 0.3) is 0 Å². The number of nitrogens with zero attached hydrogens (tertiary/aromatic N) is 3. The van der Waals surface area contributed by atoms with Crippen molar-refractivity contribution in [2.24, 2.45) is 7.05 Å². The second kappa shape index (κ2) is 6.15. The SMILES string of the molecule is CN(Cc1ccsc1)C(=O)n1cc[n+](C)c1.[I-]. The van der Waals surface area contributed by atoms with Gasteiger partial charge < -0.3 is 28.9 Å². The van der Waals surface area contributed by atoms with E-state index < -0.39 is 0 Å². The Balaban J connectivity index is 0.00000144. The molecule has 0 bridgehead atoms. The molecule has 0 aliphatic rings. The Morgan fingerprint density at radius 1 is 1.59 bits per heavy atom. The van der Waals surface area contributed by atoms with E-state index in [1.54, 1.807) is 40.4 Å². The lowest BCUT2D eigenvalue weighted by Gasteiger charge is -2.12. The molecule has 2 rings (SSSR count). The second-order valence-corrected chi connectivity index (χ2v) is 4.54. The van der Waals surface area contributed by atoms with Gasteiger partial charge in [0.2, 0.25) is 0 Å². The highest BCUT2D eigenvalue weighted by Crippen LogP contribution is 2.09. The summed E-state index contributed by atoms with van der Waals surface area (Å²) in [6, 6.07) is 2.01. The summed E-state index contributed by atoms with van der Waals surface area (Å²) in [5.74, 6) is 0. The summed E-state index contributed by atoms with van der Waals surface area (Å²) in [5.41, 5.74) is 1.16. The topological polar surface area (TPSA) is 29.1 Å². The number of hydrogen-bond acceptors (Lipinski definition) is 2. The lowest BCUT2D eigenvalue weighted by Crippen LogP contribution is -3.00. The van der Waals surface area contributed by atoms with E-state index in [9.17, 15) is 4.79 Å². The average Bonchev–Trinajstić information content (AvgIpc) is 2.88. The molecule has 1 amide bonds. The highest BCUT2D eigenvalue weighted by molar-refractivity contribution is 7.07. The van der Waals surface area contributed by atoms with Gasteiger partial charge in [0.1, 0.15) is 12.4 Å². The van der Waals surface area contributed by atoms with Crippen molar-refractivity contribution in [1.82, 2.24) is 9.47 Å². The Kier molecular flexibility index (Phi) is 5.13. The zero-order valence-corrected chi connectivity index (χ0v) is 12.7. The lowest BCUT2D eigenvalue weighted by atomic mass is 10.3. The summed E-state index contributed by atoms with van der Waals surface area (Å²) in [4.78, 5) is 13.7. The third kappa shape index (κ3) is 3.53. The standard InChI is InChI=1S/C11H14N3OS.HI/c1-12-4-5-14(9-12)11(15)13(2)7-10-3-6-16-8-10;/h3-6,8-9H,7H2,1-2H3;1H/q+1;/p-1. The fraction of sp³-hybridized carbons (Fsp3) is 0.273. The minimum absolute atomic E-state index is 0. The van der Waals surface area contributed by atoms with Gasteiger partial charge in [-0.3, -0.25) is 0 Å². The van der Waals surface area contributed by atoms with Crippen LogP contribution in [0.1, 0.15) is 5.56 Å². The maximum absolute atomic E-state index is 12.0. The number of halogens is 1. The molecule has 6 heteroatoms. The van der Waals surface area contributed by atoms with Gasteiger partial charge in [-0.1, -0.05) is 0 Å². The molecule has 0 aliphatic heterocycles. The van der Waals surface area contributed by atoms with Crippen LogP contribution in [0.5, 0.6) is 0 Å². The monoisotopic (exact) mass is 363 g/mol. The fourth-order valence-electron chi connectivity index (χ4n) is 1.48. The van der Waals surface area contributed by atoms with Crippen LogP contribution in [0.3, 0.4) is 0 Å². The molecular weight excluding hydrogens is 349 g/mol. The van der Waals surface area contributed by atoms with Crippen molar-refractivity contribution in [2.75, 3.05) is 7.05 Å². The minimum atomic E-state index is -0.0215. The van der Waals surface area contributed by atoms with E-state index in [0.29, 0.717) is 6.54 Å². The van der Waals surface area contributed by atoms with Crippen LogP contribution in [0.2, 0.25) is 0 Å². The molecule has 0 unspecified atom stereocenters. The van der Waals surface area contributed by atoms with Crippen LogP contribution < -0.4 is 28.5 Å². The Hall–Kier alpha value is -0.890. The zero-order valence-electron chi connectivity index (χ0n) is 9.71. The van der Waals surface area contributed by atoms with Crippen molar-refractivity contribution in [1.29, 1.82) is 0 Å². The molecule has 17 heavy (non-hydrogen) atoms. The average molecular weight is 363 g/mol. The maximum atomic E-state index is 12.0. The van der Waals surface area contributed by atoms with Crippen LogP contribution in [-0.4, -0.2) is 22.5 Å². The Morgan fingerprint density at radius 2 is 2.35 bits per heavy atom. The Labute approximate surface area is 122 Å². The molecule has 0 saturated heterocycles. The van der Waals surface area contributed by atoms with Gasteiger partial charge in [-0.05, 0) is 22.4 Å². The summed E-state index contributed by atoms with van der Waals surface area (Å²) >= 11 is 1.64. The number of carbonyl (C=O) groups excluding carboxylic acids is 1. The van der Waals surface area contributed by atoms with Gasteiger partial charge in [0.15, 0.2) is 0 Å². The molecule has 0 aromatic carbocycles. The number of aromatic nitrogens is 2. The molecular formula is C11H14IN3OS. The third-order valence-electron chi connectivity index (χ3n) is 2.32.